The summed E-state index contributed by atoms with van der Waals surface area (Å²) in [5, 5.41) is 14.3. The normalized spacial score (nSPS) is 11.2. The second-order valence-corrected chi connectivity index (χ2v) is 6.52. The van der Waals surface area contributed by atoms with Gasteiger partial charge in [0.05, 0.1) is 0 Å². The molecule has 0 unspecified atom stereocenters. The number of aromatic nitrogens is 2. The van der Waals surface area contributed by atoms with E-state index in [1.165, 1.54) is 11.1 Å². The fourth-order valence-electron chi connectivity index (χ4n) is 2.09. The molecule has 0 amide bonds. The standard InChI is InChI=1S/C16H23N3S/c1-12(2)17-11-10-16-19-18-15(20-16)9-8-14-7-5-4-6-13(14)3/h4-7,12,17H,8-11H2,1-3H3. The Bertz CT molecular complexity index is 534. The highest BCUT2D eigenvalue weighted by atomic mass is 32.1. The molecule has 20 heavy (non-hydrogen) atoms. The van der Waals surface area contributed by atoms with Crippen molar-refractivity contribution in [2.75, 3.05) is 6.54 Å². The molecule has 4 heteroatoms. The predicted molar refractivity (Wildman–Crippen MR) is 85.3 cm³/mol. The number of hydrogen-bond donors (Lipinski definition) is 1. The van der Waals surface area contributed by atoms with Crippen LogP contribution >= 0.6 is 11.3 Å². The Hall–Kier alpha value is -1.26. The summed E-state index contributed by atoms with van der Waals surface area (Å²) in [6.07, 6.45) is 3.01. The minimum Gasteiger partial charge on any atom is -0.314 e. The van der Waals surface area contributed by atoms with Gasteiger partial charge in [0.2, 0.25) is 0 Å². The van der Waals surface area contributed by atoms with Gasteiger partial charge in [0.15, 0.2) is 0 Å². The smallest absolute Gasteiger partial charge is 0.118 e. The van der Waals surface area contributed by atoms with E-state index in [-0.39, 0.29) is 0 Å². The first-order chi connectivity index (χ1) is 9.65. The molecule has 2 aromatic rings. The van der Waals surface area contributed by atoms with Crippen LogP contribution in [0.4, 0.5) is 0 Å². The summed E-state index contributed by atoms with van der Waals surface area (Å²) in [7, 11) is 0. The fraction of sp³-hybridized carbons (Fsp3) is 0.500. The molecule has 1 heterocycles. The highest BCUT2D eigenvalue weighted by Crippen LogP contribution is 2.15. The van der Waals surface area contributed by atoms with Crippen LogP contribution in [0.5, 0.6) is 0 Å². The van der Waals surface area contributed by atoms with Crippen LogP contribution in [0.15, 0.2) is 24.3 Å². The Balaban J connectivity index is 1.82. The molecule has 0 radical (unpaired) electrons. The van der Waals surface area contributed by atoms with Crippen molar-refractivity contribution in [3.05, 3.63) is 45.4 Å². The number of benzene rings is 1. The summed E-state index contributed by atoms with van der Waals surface area (Å²) in [6.45, 7) is 7.46. The minimum absolute atomic E-state index is 0.531. The SMILES string of the molecule is Cc1ccccc1CCc1nnc(CCNC(C)C)s1. The van der Waals surface area contributed by atoms with Crippen LogP contribution < -0.4 is 5.32 Å². The van der Waals surface area contributed by atoms with Gasteiger partial charge in [-0.3, -0.25) is 0 Å². The Morgan fingerprint density at radius 2 is 1.75 bits per heavy atom. The highest BCUT2D eigenvalue weighted by molar-refractivity contribution is 7.11. The van der Waals surface area contributed by atoms with Gasteiger partial charge in [0.1, 0.15) is 10.0 Å². The zero-order chi connectivity index (χ0) is 14.4. The number of nitrogens with zero attached hydrogens (tertiary/aromatic N) is 2. The van der Waals surface area contributed by atoms with Gasteiger partial charge in [-0.1, -0.05) is 38.1 Å². The quantitative estimate of drug-likeness (QED) is 0.851. The molecule has 1 aromatic heterocycles. The zero-order valence-corrected chi connectivity index (χ0v) is 13.3. The lowest BCUT2D eigenvalue weighted by molar-refractivity contribution is 0.588. The van der Waals surface area contributed by atoms with E-state index in [0.29, 0.717) is 6.04 Å². The zero-order valence-electron chi connectivity index (χ0n) is 12.5. The average molecular weight is 289 g/mol. The van der Waals surface area contributed by atoms with E-state index in [1.807, 2.05) is 0 Å². The van der Waals surface area contributed by atoms with Gasteiger partial charge in [-0.05, 0) is 24.5 Å². The van der Waals surface area contributed by atoms with Crippen molar-refractivity contribution in [2.24, 2.45) is 0 Å². The third-order valence-corrected chi connectivity index (χ3v) is 4.31. The summed E-state index contributed by atoms with van der Waals surface area (Å²) in [6, 6.07) is 9.08. The number of aryl methyl sites for hydroxylation is 3. The molecular formula is C16H23N3S. The molecule has 0 aliphatic rings. The molecule has 0 aliphatic carbocycles. The van der Waals surface area contributed by atoms with Gasteiger partial charge < -0.3 is 5.32 Å². The van der Waals surface area contributed by atoms with Crippen molar-refractivity contribution in [1.82, 2.24) is 15.5 Å². The van der Waals surface area contributed by atoms with Crippen molar-refractivity contribution in [1.29, 1.82) is 0 Å². The highest BCUT2D eigenvalue weighted by Gasteiger charge is 2.05. The van der Waals surface area contributed by atoms with E-state index in [0.717, 1.165) is 35.8 Å². The van der Waals surface area contributed by atoms with Crippen LogP contribution in [0.3, 0.4) is 0 Å². The number of nitrogens with one attached hydrogen (secondary N) is 1. The average Bonchev–Trinajstić information content (AvgIpc) is 2.85. The lowest BCUT2D eigenvalue weighted by atomic mass is 10.0. The Morgan fingerprint density at radius 1 is 1.05 bits per heavy atom. The minimum atomic E-state index is 0.531. The van der Waals surface area contributed by atoms with E-state index < -0.39 is 0 Å². The van der Waals surface area contributed by atoms with Gasteiger partial charge >= 0.3 is 0 Å². The third-order valence-electron chi connectivity index (χ3n) is 3.27. The summed E-state index contributed by atoms with van der Waals surface area (Å²) in [5.74, 6) is 0. The molecule has 0 atom stereocenters. The van der Waals surface area contributed by atoms with Gasteiger partial charge in [-0.15, -0.1) is 21.5 Å². The summed E-state index contributed by atoms with van der Waals surface area (Å²) in [4.78, 5) is 0. The summed E-state index contributed by atoms with van der Waals surface area (Å²) < 4.78 is 0. The maximum Gasteiger partial charge on any atom is 0.118 e. The van der Waals surface area contributed by atoms with Gasteiger partial charge in [0, 0.05) is 25.4 Å². The van der Waals surface area contributed by atoms with E-state index in [1.54, 1.807) is 11.3 Å². The molecular weight excluding hydrogens is 266 g/mol. The van der Waals surface area contributed by atoms with Crippen LogP contribution in [-0.4, -0.2) is 22.8 Å². The van der Waals surface area contributed by atoms with Crippen molar-refractivity contribution < 1.29 is 0 Å². The Kier molecular flexibility index (Phi) is 5.68. The van der Waals surface area contributed by atoms with Crippen LogP contribution in [-0.2, 0) is 19.3 Å². The van der Waals surface area contributed by atoms with Crippen LogP contribution in [0.2, 0.25) is 0 Å². The molecule has 108 valence electrons. The summed E-state index contributed by atoms with van der Waals surface area (Å²) >= 11 is 1.75. The topological polar surface area (TPSA) is 37.8 Å². The van der Waals surface area contributed by atoms with Crippen molar-refractivity contribution >= 4 is 11.3 Å². The van der Waals surface area contributed by atoms with Crippen LogP contribution in [0, 0.1) is 6.92 Å². The first-order valence-electron chi connectivity index (χ1n) is 7.24. The maximum absolute atomic E-state index is 4.30. The van der Waals surface area contributed by atoms with Crippen molar-refractivity contribution in [3.63, 3.8) is 0 Å². The van der Waals surface area contributed by atoms with Crippen LogP contribution in [0.25, 0.3) is 0 Å². The lowest BCUT2D eigenvalue weighted by Crippen LogP contribution is -2.24. The monoisotopic (exact) mass is 289 g/mol. The molecule has 0 saturated heterocycles. The Morgan fingerprint density at radius 3 is 2.45 bits per heavy atom. The predicted octanol–water partition coefficient (Wildman–Crippen LogP) is 3.17. The molecule has 2 rings (SSSR count). The molecule has 0 aliphatic heterocycles. The van der Waals surface area contributed by atoms with Gasteiger partial charge in [-0.25, -0.2) is 0 Å². The first-order valence-corrected chi connectivity index (χ1v) is 8.06. The van der Waals surface area contributed by atoms with E-state index >= 15 is 0 Å². The second-order valence-electron chi connectivity index (χ2n) is 5.37. The number of rotatable bonds is 7. The summed E-state index contributed by atoms with van der Waals surface area (Å²) in [5.41, 5.74) is 2.77. The molecule has 1 N–H and O–H groups in total. The lowest BCUT2D eigenvalue weighted by Gasteiger charge is -2.05. The molecule has 0 saturated carbocycles. The first kappa shape index (κ1) is 15.1. The van der Waals surface area contributed by atoms with Crippen molar-refractivity contribution in [3.8, 4) is 0 Å². The molecule has 0 bridgehead atoms. The molecule has 0 spiro atoms. The molecule has 3 nitrogen and oxygen atoms in total. The number of hydrogen-bond acceptors (Lipinski definition) is 4. The fourth-order valence-corrected chi connectivity index (χ4v) is 2.93. The largest absolute Gasteiger partial charge is 0.314 e. The van der Waals surface area contributed by atoms with Gasteiger partial charge in [-0.2, -0.15) is 0 Å². The van der Waals surface area contributed by atoms with E-state index in [9.17, 15) is 0 Å². The van der Waals surface area contributed by atoms with E-state index in [4.69, 9.17) is 0 Å². The molecule has 0 fully saturated rings. The van der Waals surface area contributed by atoms with E-state index in [2.05, 4.69) is 60.6 Å². The third kappa shape index (κ3) is 4.69. The van der Waals surface area contributed by atoms with Crippen LogP contribution in [0.1, 0.15) is 35.0 Å². The Labute approximate surface area is 125 Å². The molecule has 1 aromatic carbocycles. The maximum atomic E-state index is 4.30. The van der Waals surface area contributed by atoms with Gasteiger partial charge in [0.25, 0.3) is 0 Å². The second kappa shape index (κ2) is 7.50. The van der Waals surface area contributed by atoms with Crippen molar-refractivity contribution in [2.45, 2.75) is 46.1 Å².